The maximum absolute atomic E-state index is 12.2. The van der Waals surface area contributed by atoms with Gasteiger partial charge in [0.15, 0.2) is 0 Å². The molecule has 1 aromatic rings. The summed E-state index contributed by atoms with van der Waals surface area (Å²) in [7, 11) is 0. The quantitative estimate of drug-likeness (QED) is 0.746. The normalized spacial score (nSPS) is 18.3. The number of hydroxylamine groups is 1. The fourth-order valence-electron chi connectivity index (χ4n) is 1.80. The van der Waals surface area contributed by atoms with Gasteiger partial charge in [-0.05, 0) is 26.0 Å². The Morgan fingerprint density at radius 2 is 2.16 bits per heavy atom. The van der Waals surface area contributed by atoms with Gasteiger partial charge in [0.05, 0.1) is 5.56 Å². The fourth-order valence-corrected chi connectivity index (χ4v) is 1.80. The molecule has 6 heteroatoms. The molecule has 0 unspecified atom stereocenters. The predicted molar refractivity (Wildman–Crippen MR) is 70.5 cm³/mol. The van der Waals surface area contributed by atoms with Crippen LogP contribution < -0.4 is 16.1 Å². The SMILES string of the molecule is CC(C)Nc1ccccc1C(=O)N[C@@H]1CONC1=O. The van der Waals surface area contributed by atoms with Gasteiger partial charge in [-0.3, -0.25) is 14.4 Å². The molecule has 0 aliphatic carbocycles. The number of rotatable bonds is 4. The van der Waals surface area contributed by atoms with Crippen LogP contribution in [0.15, 0.2) is 24.3 Å². The third kappa shape index (κ3) is 3.23. The third-order valence-corrected chi connectivity index (χ3v) is 2.66. The van der Waals surface area contributed by atoms with Crippen molar-refractivity contribution in [2.45, 2.75) is 25.9 Å². The smallest absolute Gasteiger partial charge is 0.268 e. The van der Waals surface area contributed by atoms with Gasteiger partial charge < -0.3 is 10.6 Å². The van der Waals surface area contributed by atoms with Crippen molar-refractivity contribution < 1.29 is 14.4 Å². The van der Waals surface area contributed by atoms with Crippen LogP contribution in [0.2, 0.25) is 0 Å². The molecule has 0 radical (unpaired) electrons. The Kier molecular flexibility index (Phi) is 4.01. The molecular weight excluding hydrogens is 246 g/mol. The number of nitrogens with one attached hydrogen (secondary N) is 3. The number of benzene rings is 1. The van der Waals surface area contributed by atoms with E-state index in [0.29, 0.717) is 5.56 Å². The summed E-state index contributed by atoms with van der Waals surface area (Å²) in [4.78, 5) is 28.3. The minimum absolute atomic E-state index is 0.143. The van der Waals surface area contributed by atoms with E-state index >= 15 is 0 Å². The molecule has 3 N–H and O–H groups in total. The summed E-state index contributed by atoms with van der Waals surface area (Å²) < 4.78 is 0. The van der Waals surface area contributed by atoms with Crippen molar-refractivity contribution in [1.82, 2.24) is 10.8 Å². The first-order valence-corrected chi connectivity index (χ1v) is 6.16. The Bertz CT molecular complexity index is 488. The van der Waals surface area contributed by atoms with E-state index < -0.39 is 6.04 Å². The largest absolute Gasteiger partial charge is 0.382 e. The van der Waals surface area contributed by atoms with E-state index in [9.17, 15) is 9.59 Å². The molecule has 0 spiro atoms. The number of hydrogen-bond donors (Lipinski definition) is 3. The first-order chi connectivity index (χ1) is 9.08. The van der Waals surface area contributed by atoms with Crippen LogP contribution in [-0.2, 0) is 9.63 Å². The van der Waals surface area contributed by atoms with Crippen LogP contribution in [-0.4, -0.2) is 30.5 Å². The third-order valence-electron chi connectivity index (χ3n) is 2.66. The van der Waals surface area contributed by atoms with Gasteiger partial charge in [0, 0.05) is 11.7 Å². The Labute approximate surface area is 111 Å². The highest BCUT2D eigenvalue weighted by Crippen LogP contribution is 2.16. The van der Waals surface area contributed by atoms with Crippen LogP contribution in [0.5, 0.6) is 0 Å². The Morgan fingerprint density at radius 1 is 1.42 bits per heavy atom. The summed E-state index contributed by atoms with van der Waals surface area (Å²) in [5, 5.41) is 5.84. The molecular formula is C13H17N3O3. The minimum Gasteiger partial charge on any atom is -0.382 e. The van der Waals surface area contributed by atoms with Crippen molar-refractivity contribution in [2.24, 2.45) is 0 Å². The molecule has 0 bridgehead atoms. The van der Waals surface area contributed by atoms with Gasteiger partial charge in [0.2, 0.25) is 0 Å². The second-order valence-electron chi connectivity index (χ2n) is 4.65. The summed E-state index contributed by atoms with van der Waals surface area (Å²) in [6.45, 7) is 4.13. The number of carbonyl (C=O) groups is 2. The molecule has 0 saturated carbocycles. The van der Waals surface area contributed by atoms with Gasteiger partial charge in [-0.25, -0.2) is 5.48 Å². The molecule has 2 amide bonds. The molecule has 6 nitrogen and oxygen atoms in total. The Morgan fingerprint density at radius 3 is 2.79 bits per heavy atom. The van der Waals surface area contributed by atoms with Crippen LogP contribution in [0.1, 0.15) is 24.2 Å². The molecule has 1 atom stereocenters. The molecule has 1 saturated heterocycles. The zero-order valence-electron chi connectivity index (χ0n) is 10.9. The number of anilines is 1. The summed E-state index contributed by atoms with van der Waals surface area (Å²) >= 11 is 0. The molecule has 1 aromatic carbocycles. The van der Waals surface area contributed by atoms with Gasteiger partial charge in [0.1, 0.15) is 12.6 Å². The van der Waals surface area contributed by atoms with Gasteiger partial charge >= 0.3 is 0 Å². The van der Waals surface area contributed by atoms with Crippen LogP contribution in [0.3, 0.4) is 0 Å². The number of hydrogen-bond acceptors (Lipinski definition) is 4. The van der Waals surface area contributed by atoms with Gasteiger partial charge in [-0.15, -0.1) is 0 Å². The van der Waals surface area contributed by atoms with E-state index in [-0.39, 0.29) is 24.5 Å². The molecule has 102 valence electrons. The van der Waals surface area contributed by atoms with Gasteiger partial charge in [0.25, 0.3) is 11.8 Å². The molecule has 19 heavy (non-hydrogen) atoms. The predicted octanol–water partition coefficient (Wildman–Crippen LogP) is 0.667. The lowest BCUT2D eigenvalue weighted by atomic mass is 10.1. The van der Waals surface area contributed by atoms with Crippen molar-refractivity contribution in [3.05, 3.63) is 29.8 Å². The van der Waals surface area contributed by atoms with E-state index in [0.717, 1.165) is 5.69 Å². The zero-order chi connectivity index (χ0) is 13.8. The Balaban J connectivity index is 2.12. The average Bonchev–Trinajstić information content (AvgIpc) is 2.75. The van der Waals surface area contributed by atoms with Crippen molar-refractivity contribution in [3.8, 4) is 0 Å². The van der Waals surface area contributed by atoms with Crippen LogP contribution in [0.25, 0.3) is 0 Å². The number of para-hydroxylation sites is 1. The van der Waals surface area contributed by atoms with Gasteiger partial charge in [-0.2, -0.15) is 0 Å². The summed E-state index contributed by atoms with van der Waals surface area (Å²) in [5.74, 6) is -0.628. The van der Waals surface area contributed by atoms with E-state index in [1.807, 2.05) is 26.0 Å². The minimum atomic E-state index is -0.639. The number of carbonyl (C=O) groups excluding carboxylic acids is 2. The first kappa shape index (κ1) is 13.4. The first-order valence-electron chi connectivity index (χ1n) is 6.16. The van der Waals surface area contributed by atoms with E-state index in [2.05, 4.69) is 16.1 Å². The molecule has 1 fully saturated rings. The highest BCUT2D eigenvalue weighted by molar-refractivity contribution is 6.02. The lowest BCUT2D eigenvalue weighted by Crippen LogP contribution is -2.41. The molecule has 2 rings (SSSR count). The second-order valence-corrected chi connectivity index (χ2v) is 4.65. The highest BCUT2D eigenvalue weighted by Gasteiger charge is 2.27. The van der Waals surface area contributed by atoms with Gasteiger partial charge in [-0.1, -0.05) is 12.1 Å². The molecule has 1 aliphatic heterocycles. The van der Waals surface area contributed by atoms with Crippen molar-refractivity contribution in [2.75, 3.05) is 11.9 Å². The van der Waals surface area contributed by atoms with E-state index in [1.54, 1.807) is 12.1 Å². The van der Waals surface area contributed by atoms with Crippen molar-refractivity contribution in [3.63, 3.8) is 0 Å². The lowest BCUT2D eigenvalue weighted by molar-refractivity contribution is -0.125. The average molecular weight is 263 g/mol. The molecule has 0 aromatic heterocycles. The summed E-state index contributed by atoms with van der Waals surface area (Å²) in [6.07, 6.45) is 0. The monoisotopic (exact) mass is 263 g/mol. The zero-order valence-corrected chi connectivity index (χ0v) is 10.9. The molecule has 1 heterocycles. The Hall–Kier alpha value is -2.08. The van der Waals surface area contributed by atoms with Crippen molar-refractivity contribution in [1.29, 1.82) is 0 Å². The maximum Gasteiger partial charge on any atom is 0.268 e. The van der Waals surface area contributed by atoms with Crippen molar-refractivity contribution >= 4 is 17.5 Å². The van der Waals surface area contributed by atoms with Crippen LogP contribution in [0, 0.1) is 0 Å². The van der Waals surface area contributed by atoms with Crippen LogP contribution in [0.4, 0.5) is 5.69 Å². The summed E-state index contributed by atoms with van der Waals surface area (Å²) in [5.41, 5.74) is 3.46. The highest BCUT2D eigenvalue weighted by atomic mass is 16.7. The lowest BCUT2D eigenvalue weighted by Gasteiger charge is -2.15. The maximum atomic E-state index is 12.2. The van der Waals surface area contributed by atoms with Crippen LogP contribution >= 0.6 is 0 Å². The number of amides is 2. The topological polar surface area (TPSA) is 79.5 Å². The summed E-state index contributed by atoms with van der Waals surface area (Å²) in [6, 6.07) is 6.76. The standard InChI is InChI=1S/C13H17N3O3/c1-8(2)14-10-6-4-3-5-9(10)12(17)15-11-7-19-16-13(11)18/h3-6,8,11,14H,7H2,1-2H3,(H,15,17)(H,16,18)/t11-/m1/s1. The fraction of sp³-hybridized carbons (Fsp3) is 0.385. The molecule has 1 aliphatic rings. The van der Waals surface area contributed by atoms with E-state index in [1.165, 1.54) is 0 Å². The van der Waals surface area contributed by atoms with E-state index in [4.69, 9.17) is 4.84 Å². The second kappa shape index (κ2) is 5.71.